The van der Waals surface area contributed by atoms with E-state index in [0.29, 0.717) is 11.1 Å². The molecule has 1 aliphatic rings. The quantitative estimate of drug-likeness (QED) is 0.915. The van der Waals surface area contributed by atoms with Crippen molar-refractivity contribution >= 4 is 5.97 Å². The third kappa shape index (κ3) is 1.51. The average Bonchev–Trinajstić information content (AvgIpc) is 3.10. The zero-order valence-corrected chi connectivity index (χ0v) is 10.2. The largest absolute Gasteiger partial charge is 0.479 e. The Balaban J connectivity index is 2.18. The highest BCUT2D eigenvalue weighted by Crippen LogP contribution is 2.64. The Hall–Kier alpha value is -2.16. The monoisotopic (exact) mass is 256 g/mol. The standard InChI is InChI=1S/C16H13FO2/c17-16(14(18)19)11-15(16,12-7-3-1-4-8-12)13-9-5-2-6-10-13/h1-10H,11H2,(H,18,19)/t16-/m1/s1. The van der Waals surface area contributed by atoms with Crippen molar-refractivity contribution in [3.63, 3.8) is 0 Å². The van der Waals surface area contributed by atoms with E-state index in [1.165, 1.54) is 0 Å². The summed E-state index contributed by atoms with van der Waals surface area (Å²) in [5.74, 6) is -1.39. The minimum absolute atomic E-state index is 0.0106. The number of benzene rings is 2. The van der Waals surface area contributed by atoms with Gasteiger partial charge in [0.25, 0.3) is 0 Å². The third-order valence-corrected chi connectivity index (χ3v) is 3.93. The SMILES string of the molecule is O=C(O)[C@]1(F)CC1(c1ccccc1)c1ccccc1. The summed E-state index contributed by atoms with van der Waals surface area (Å²) < 4.78 is 14.7. The smallest absolute Gasteiger partial charge is 0.342 e. The second-order valence-electron chi connectivity index (χ2n) is 4.92. The van der Waals surface area contributed by atoms with Crippen LogP contribution >= 0.6 is 0 Å². The second kappa shape index (κ2) is 3.92. The molecule has 19 heavy (non-hydrogen) atoms. The fourth-order valence-corrected chi connectivity index (χ4v) is 2.85. The summed E-state index contributed by atoms with van der Waals surface area (Å²) in [6.45, 7) is 0. The van der Waals surface area contributed by atoms with Gasteiger partial charge in [0, 0.05) is 6.42 Å². The lowest BCUT2D eigenvalue weighted by Crippen LogP contribution is -2.29. The van der Waals surface area contributed by atoms with Crippen molar-refractivity contribution in [2.24, 2.45) is 0 Å². The zero-order chi connectivity index (χ0) is 13.5. The van der Waals surface area contributed by atoms with Crippen molar-refractivity contribution < 1.29 is 14.3 Å². The van der Waals surface area contributed by atoms with Crippen LogP contribution < -0.4 is 0 Å². The predicted octanol–water partition coefficient (Wildman–Crippen LogP) is 3.17. The van der Waals surface area contributed by atoms with E-state index in [9.17, 15) is 14.3 Å². The molecule has 1 aliphatic carbocycles. The van der Waals surface area contributed by atoms with Crippen molar-refractivity contribution in [2.45, 2.75) is 17.5 Å². The summed E-state index contributed by atoms with van der Waals surface area (Å²) in [6.07, 6.45) is -0.0106. The molecule has 1 N–H and O–H groups in total. The number of carboxylic acid groups (broad SMARTS) is 1. The van der Waals surface area contributed by atoms with Crippen LogP contribution in [0.5, 0.6) is 0 Å². The van der Waals surface area contributed by atoms with E-state index in [2.05, 4.69) is 0 Å². The molecule has 3 rings (SSSR count). The van der Waals surface area contributed by atoms with Crippen LogP contribution in [0.25, 0.3) is 0 Å². The molecule has 0 heterocycles. The molecular weight excluding hydrogens is 243 g/mol. The minimum Gasteiger partial charge on any atom is -0.479 e. The minimum atomic E-state index is -2.21. The first-order chi connectivity index (χ1) is 9.11. The predicted molar refractivity (Wildman–Crippen MR) is 69.8 cm³/mol. The molecule has 0 unspecified atom stereocenters. The van der Waals surface area contributed by atoms with Crippen LogP contribution in [0.15, 0.2) is 60.7 Å². The Labute approximate surface area is 110 Å². The molecule has 3 heteroatoms. The molecule has 0 spiro atoms. The molecule has 1 atom stereocenters. The van der Waals surface area contributed by atoms with Gasteiger partial charge in [0.2, 0.25) is 5.67 Å². The summed E-state index contributed by atoms with van der Waals surface area (Å²) >= 11 is 0. The molecule has 0 bridgehead atoms. The fraction of sp³-hybridized carbons (Fsp3) is 0.188. The normalized spacial score (nSPS) is 23.8. The number of carboxylic acids is 1. The molecule has 1 fully saturated rings. The van der Waals surface area contributed by atoms with Gasteiger partial charge in [0.05, 0.1) is 5.41 Å². The lowest BCUT2D eigenvalue weighted by molar-refractivity contribution is -0.145. The first-order valence-electron chi connectivity index (χ1n) is 6.15. The van der Waals surface area contributed by atoms with E-state index in [1.807, 2.05) is 12.1 Å². The number of hydrogen-bond acceptors (Lipinski definition) is 1. The number of hydrogen-bond donors (Lipinski definition) is 1. The lowest BCUT2D eigenvalue weighted by atomic mass is 9.85. The molecule has 96 valence electrons. The molecule has 0 aromatic heterocycles. The van der Waals surface area contributed by atoms with E-state index in [0.717, 1.165) is 0 Å². The highest BCUT2D eigenvalue weighted by Gasteiger charge is 2.75. The highest BCUT2D eigenvalue weighted by molar-refractivity contribution is 5.87. The van der Waals surface area contributed by atoms with Gasteiger partial charge in [-0.25, -0.2) is 9.18 Å². The van der Waals surface area contributed by atoms with Gasteiger partial charge in [0.1, 0.15) is 0 Å². The van der Waals surface area contributed by atoms with E-state index >= 15 is 0 Å². The third-order valence-electron chi connectivity index (χ3n) is 3.93. The van der Waals surface area contributed by atoms with Crippen LogP contribution in [0.1, 0.15) is 17.5 Å². The molecule has 0 radical (unpaired) electrons. The van der Waals surface area contributed by atoms with Gasteiger partial charge in [0.15, 0.2) is 0 Å². The van der Waals surface area contributed by atoms with E-state index in [4.69, 9.17) is 0 Å². The molecule has 0 saturated heterocycles. The van der Waals surface area contributed by atoms with Crippen LogP contribution in [0, 0.1) is 0 Å². The van der Waals surface area contributed by atoms with E-state index in [1.54, 1.807) is 48.5 Å². The number of rotatable bonds is 3. The number of aliphatic carboxylic acids is 1. The van der Waals surface area contributed by atoms with Crippen molar-refractivity contribution in [1.29, 1.82) is 0 Å². The van der Waals surface area contributed by atoms with Gasteiger partial charge in [-0.3, -0.25) is 0 Å². The van der Waals surface area contributed by atoms with Gasteiger partial charge in [-0.15, -0.1) is 0 Å². The van der Waals surface area contributed by atoms with Crippen molar-refractivity contribution in [2.75, 3.05) is 0 Å². The lowest BCUT2D eigenvalue weighted by Gasteiger charge is -2.19. The molecule has 1 saturated carbocycles. The van der Waals surface area contributed by atoms with Gasteiger partial charge in [-0.2, -0.15) is 0 Å². The van der Waals surface area contributed by atoms with Gasteiger partial charge in [-0.05, 0) is 11.1 Å². The summed E-state index contributed by atoms with van der Waals surface area (Å²) in [4.78, 5) is 11.3. The Kier molecular flexibility index (Phi) is 2.45. The molecule has 2 nitrogen and oxygen atoms in total. The highest BCUT2D eigenvalue weighted by atomic mass is 19.1. The summed E-state index contributed by atoms with van der Waals surface area (Å²) in [5, 5.41) is 9.20. The Morgan fingerprint density at radius 3 is 1.68 bits per heavy atom. The summed E-state index contributed by atoms with van der Waals surface area (Å²) in [5.41, 5.74) is -1.84. The van der Waals surface area contributed by atoms with E-state index < -0.39 is 17.1 Å². The molecular formula is C16H13FO2. The van der Waals surface area contributed by atoms with Crippen LogP contribution in [-0.2, 0) is 10.2 Å². The summed E-state index contributed by atoms with van der Waals surface area (Å²) in [7, 11) is 0. The maximum absolute atomic E-state index is 14.7. The fourth-order valence-electron chi connectivity index (χ4n) is 2.85. The Bertz CT molecular complexity index is 570. The van der Waals surface area contributed by atoms with Gasteiger partial charge in [-0.1, -0.05) is 60.7 Å². The number of carbonyl (C=O) groups is 1. The van der Waals surface area contributed by atoms with Crippen molar-refractivity contribution in [1.82, 2.24) is 0 Å². The summed E-state index contributed by atoms with van der Waals surface area (Å²) in [6, 6.07) is 18.1. The molecule has 2 aromatic rings. The van der Waals surface area contributed by atoms with Crippen LogP contribution in [0.2, 0.25) is 0 Å². The maximum atomic E-state index is 14.7. The molecule has 2 aromatic carbocycles. The second-order valence-corrected chi connectivity index (χ2v) is 4.92. The number of halogens is 1. The zero-order valence-electron chi connectivity index (χ0n) is 10.2. The molecule has 0 amide bonds. The Morgan fingerprint density at radius 2 is 1.37 bits per heavy atom. The first-order valence-corrected chi connectivity index (χ1v) is 6.15. The van der Waals surface area contributed by atoms with Gasteiger partial charge >= 0.3 is 5.97 Å². The van der Waals surface area contributed by atoms with Crippen molar-refractivity contribution in [3.05, 3.63) is 71.8 Å². The van der Waals surface area contributed by atoms with Gasteiger partial charge < -0.3 is 5.11 Å². The maximum Gasteiger partial charge on any atom is 0.342 e. The number of alkyl halides is 1. The first kappa shape index (κ1) is 11.9. The van der Waals surface area contributed by atoms with Crippen LogP contribution in [0.3, 0.4) is 0 Å². The van der Waals surface area contributed by atoms with E-state index in [-0.39, 0.29) is 6.42 Å². The average molecular weight is 256 g/mol. The molecule has 0 aliphatic heterocycles. The van der Waals surface area contributed by atoms with Crippen LogP contribution in [-0.4, -0.2) is 16.7 Å². The topological polar surface area (TPSA) is 37.3 Å². The Morgan fingerprint density at radius 1 is 0.947 bits per heavy atom. The van der Waals surface area contributed by atoms with Crippen LogP contribution in [0.4, 0.5) is 4.39 Å². The van der Waals surface area contributed by atoms with Crippen molar-refractivity contribution in [3.8, 4) is 0 Å².